The summed E-state index contributed by atoms with van der Waals surface area (Å²) in [5, 5.41) is 0. The molecule has 0 heterocycles. The van der Waals surface area contributed by atoms with E-state index in [1.165, 1.54) is 122 Å². The Morgan fingerprint density at radius 1 is 0.462 bits per heavy atom. The second kappa shape index (κ2) is 22.7. The van der Waals surface area contributed by atoms with E-state index in [2.05, 4.69) is 13.8 Å². The Morgan fingerprint density at radius 2 is 0.731 bits per heavy atom. The maximum atomic E-state index is 10.1. The highest BCUT2D eigenvalue weighted by molar-refractivity contribution is 5.50. The Balaban J connectivity index is 2.98. The lowest BCUT2D eigenvalue weighted by molar-refractivity contribution is 0.501. The lowest BCUT2D eigenvalue weighted by atomic mass is 10.0. The predicted octanol–water partition coefficient (Wildman–Crippen LogP) is 8.94. The van der Waals surface area contributed by atoms with Crippen LogP contribution in [-0.4, -0.2) is 6.29 Å². The van der Waals surface area contributed by atoms with Gasteiger partial charge in [-0.25, -0.2) is 0 Å². The molecule has 0 saturated heterocycles. The smallest absolute Gasteiger partial charge is 0.198 e. The number of hydrogen-bond acceptors (Lipinski definition) is 1. The summed E-state index contributed by atoms with van der Waals surface area (Å²) in [6, 6.07) is 0. The van der Waals surface area contributed by atoms with Crippen LogP contribution in [0.3, 0.4) is 0 Å². The van der Waals surface area contributed by atoms with Crippen molar-refractivity contribution < 1.29 is 4.79 Å². The number of rotatable bonds is 22. The molecule has 1 nitrogen and oxygen atoms in total. The van der Waals surface area contributed by atoms with Crippen LogP contribution >= 0.6 is 0 Å². The summed E-state index contributed by atoms with van der Waals surface area (Å²) in [5.41, 5.74) is 0. The predicted molar refractivity (Wildman–Crippen MR) is 117 cm³/mol. The summed E-state index contributed by atoms with van der Waals surface area (Å²) in [7, 11) is 0. The molecule has 0 unspecified atom stereocenters. The third-order valence-corrected chi connectivity index (χ3v) is 5.56. The largest absolute Gasteiger partial charge is 0.291 e. The summed E-state index contributed by atoms with van der Waals surface area (Å²) in [6.07, 6.45) is 30.7. The van der Waals surface area contributed by atoms with Gasteiger partial charge in [-0.05, 0) is 12.3 Å². The van der Waals surface area contributed by atoms with Crippen LogP contribution in [-0.2, 0) is 4.79 Å². The van der Waals surface area contributed by atoms with Crippen molar-refractivity contribution in [2.24, 2.45) is 5.92 Å². The fourth-order valence-corrected chi connectivity index (χ4v) is 3.75. The van der Waals surface area contributed by atoms with Crippen LogP contribution in [0.4, 0.5) is 0 Å². The van der Waals surface area contributed by atoms with Crippen LogP contribution in [0, 0.1) is 5.92 Å². The van der Waals surface area contributed by atoms with E-state index >= 15 is 0 Å². The minimum atomic E-state index is 0.637. The monoisotopic (exact) mass is 365 g/mol. The van der Waals surface area contributed by atoms with E-state index in [0.717, 1.165) is 12.3 Å². The fraction of sp³-hybridized carbons (Fsp3) is 0.960. The van der Waals surface area contributed by atoms with Gasteiger partial charge in [0.2, 0.25) is 0 Å². The fourth-order valence-electron chi connectivity index (χ4n) is 3.75. The molecule has 26 heavy (non-hydrogen) atoms. The molecule has 0 aromatic heterocycles. The molecule has 0 bridgehead atoms. The number of carbonyl (C=O) groups excluding carboxylic acids is 1. The Kier molecular flexibility index (Phi) is 22.4. The van der Waals surface area contributed by atoms with E-state index in [-0.39, 0.29) is 0 Å². The first-order chi connectivity index (χ1) is 12.8. The SMILES string of the molecule is CC(C)CCCCCCCCCCCCCCCCCCCCC[C]=O. The van der Waals surface area contributed by atoms with Crippen molar-refractivity contribution in [1.29, 1.82) is 0 Å². The molecule has 0 N–H and O–H groups in total. The Hall–Kier alpha value is -0.330. The highest BCUT2D eigenvalue weighted by Crippen LogP contribution is 2.15. The van der Waals surface area contributed by atoms with Crippen LogP contribution in [0.5, 0.6) is 0 Å². The quantitative estimate of drug-likeness (QED) is 0.175. The molecule has 0 spiro atoms. The maximum Gasteiger partial charge on any atom is 0.198 e. The third kappa shape index (κ3) is 23.7. The molecule has 0 aromatic rings. The Morgan fingerprint density at radius 3 is 1.00 bits per heavy atom. The number of unbranched alkanes of at least 4 members (excludes halogenated alkanes) is 19. The van der Waals surface area contributed by atoms with Gasteiger partial charge in [0, 0.05) is 6.42 Å². The van der Waals surface area contributed by atoms with Crippen LogP contribution < -0.4 is 0 Å². The van der Waals surface area contributed by atoms with Crippen molar-refractivity contribution in [1.82, 2.24) is 0 Å². The maximum absolute atomic E-state index is 10.1. The Labute approximate surface area is 166 Å². The minimum absolute atomic E-state index is 0.637. The van der Waals surface area contributed by atoms with E-state index < -0.39 is 0 Å². The lowest BCUT2D eigenvalue weighted by Crippen LogP contribution is -1.87. The van der Waals surface area contributed by atoms with Crippen LogP contribution in [0.15, 0.2) is 0 Å². The molecule has 0 saturated carbocycles. The summed E-state index contributed by atoms with van der Waals surface area (Å²) in [5.74, 6) is 0.888. The molecule has 0 amide bonds. The number of hydrogen-bond donors (Lipinski definition) is 0. The summed E-state index contributed by atoms with van der Waals surface area (Å²) >= 11 is 0. The van der Waals surface area contributed by atoms with Crippen molar-refractivity contribution in [3.63, 3.8) is 0 Å². The Bertz CT molecular complexity index is 259. The standard InChI is InChI=1S/C25H49O/c1-25(2)23-21-19-17-15-13-11-9-7-5-3-4-6-8-10-12-14-16-18-20-22-24-26/h25H,3-23H2,1-2H3. The van der Waals surface area contributed by atoms with Crippen molar-refractivity contribution in [3.05, 3.63) is 0 Å². The van der Waals surface area contributed by atoms with E-state index in [1.54, 1.807) is 0 Å². The van der Waals surface area contributed by atoms with E-state index in [0.29, 0.717) is 6.42 Å². The third-order valence-electron chi connectivity index (χ3n) is 5.56. The summed E-state index contributed by atoms with van der Waals surface area (Å²) in [6.45, 7) is 4.67. The van der Waals surface area contributed by atoms with E-state index in [1.807, 2.05) is 6.29 Å². The molecular weight excluding hydrogens is 316 g/mol. The molecule has 0 aliphatic carbocycles. The van der Waals surface area contributed by atoms with Crippen molar-refractivity contribution in [2.75, 3.05) is 0 Å². The first-order valence-corrected chi connectivity index (χ1v) is 12.1. The second-order valence-electron chi connectivity index (χ2n) is 8.79. The van der Waals surface area contributed by atoms with Crippen molar-refractivity contribution in [3.8, 4) is 0 Å². The van der Waals surface area contributed by atoms with Gasteiger partial charge in [0.05, 0.1) is 0 Å². The average Bonchev–Trinajstić information content (AvgIpc) is 2.62. The van der Waals surface area contributed by atoms with E-state index in [4.69, 9.17) is 0 Å². The first-order valence-electron chi connectivity index (χ1n) is 12.1. The molecule has 0 aliphatic rings. The average molecular weight is 366 g/mol. The first kappa shape index (κ1) is 25.7. The molecule has 0 aromatic carbocycles. The summed E-state index contributed by atoms with van der Waals surface area (Å²) < 4.78 is 0. The minimum Gasteiger partial charge on any atom is -0.291 e. The highest BCUT2D eigenvalue weighted by atomic mass is 16.1. The van der Waals surface area contributed by atoms with Gasteiger partial charge in [-0.1, -0.05) is 136 Å². The molecule has 0 rings (SSSR count). The van der Waals surface area contributed by atoms with Crippen LogP contribution in [0.1, 0.15) is 149 Å². The normalized spacial score (nSPS) is 11.3. The van der Waals surface area contributed by atoms with Gasteiger partial charge in [-0.2, -0.15) is 0 Å². The molecule has 1 radical (unpaired) electrons. The van der Waals surface area contributed by atoms with Crippen LogP contribution in [0.2, 0.25) is 0 Å². The summed E-state index contributed by atoms with van der Waals surface area (Å²) in [4.78, 5) is 10.1. The van der Waals surface area contributed by atoms with Gasteiger partial charge in [0.25, 0.3) is 0 Å². The molecule has 155 valence electrons. The topological polar surface area (TPSA) is 17.1 Å². The zero-order chi connectivity index (χ0) is 19.1. The van der Waals surface area contributed by atoms with Crippen LogP contribution in [0.25, 0.3) is 0 Å². The molecule has 1 heteroatoms. The lowest BCUT2D eigenvalue weighted by Gasteiger charge is -2.05. The molecule has 0 atom stereocenters. The second-order valence-corrected chi connectivity index (χ2v) is 8.79. The zero-order valence-corrected chi connectivity index (χ0v) is 18.3. The van der Waals surface area contributed by atoms with Gasteiger partial charge in [0.15, 0.2) is 6.29 Å². The van der Waals surface area contributed by atoms with Gasteiger partial charge in [-0.15, -0.1) is 0 Å². The molecule has 0 fully saturated rings. The highest BCUT2D eigenvalue weighted by Gasteiger charge is 1.96. The van der Waals surface area contributed by atoms with Gasteiger partial charge in [-0.3, -0.25) is 4.79 Å². The van der Waals surface area contributed by atoms with Crippen molar-refractivity contribution in [2.45, 2.75) is 149 Å². The van der Waals surface area contributed by atoms with Gasteiger partial charge < -0.3 is 0 Å². The van der Waals surface area contributed by atoms with Gasteiger partial charge in [0.1, 0.15) is 0 Å². The van der Waals surface area contributed by atoms with E-state index in [9.17, 15) is 4.79 Å². The molecular formula is C25H49O. The molecule has 0 aliphatic heterocycles. The van der Waals surface area contributed by atoms with Gasteiger partial charge >= 0.3 is 0 Å². The van der Waals surface area contributed by atoms with Crippen molar-refractivity contribution >= 4 is 6.29 Å². The zero-order valence-electron chi connectivity index (χ0n) is 18.3.